The van der Waals surface area contributed by atoms with Gasteiger partial charge in [0.15, 0.2) is 0 Å². The van der Waals surface area contributed by atoms with Gasteiger partial charge < -0.3 is 24.8 Å². The molecule has 2 N–H and O–H groups in total. The molecule has 1 unspecified atom stereocenters. The number of carboxylic acids is 1. The van der Waals surface area contributed by atoms with Crippen LogP contribution in [0, 0.1) is 17.8 Å². The maximum Gasteiger partial charge on any atom is 0.407 e. The molecule has 0 bridgehead atoms. The molecule has 1 aliphatic carbocycles. The minimum Gasteiger partial charge on any atom is -0.481 e. The van der Waals surface area contributed by atoms with Crippen LogP contribution in [0.2, 0.25) is 0 Å². The van der Waals surface area contributed by atoms with Crippen LogP contribution in [-0.4, -0.2) is 66.9 Å². The van der Waals surface area contributed by atoms with Gasteiger partial charge in [-0.1, -0.05) is 55.5 Å². The summed E-state index contributed by atoms with van der Waals surface area (Å²) in [6.45, 7) is 3.51. The van der Waals surface area contributed by atoms with Gasteiger partial charge in [0.1, 0.15) is 12.7 Å². The Morgan fingerprint density at radius 3 is 2.34 bits per heavy atom. The molecule has 0 saturated carbocycles. The zero-order valence-electron chi connectivity index (χ0n) is 19.7. The van der Waals surface area contributed by atoms with Crippen molar-refractivity contribution in [2.75, 3.05) is 32.8 Å². The highest BCUT2D eigenvalue weighted by atomic mass is 16.5. The first-order valence-electron chi connectivity index (χ1n) is 12.2. The summed E-state index contributed by atoms with van der Waals surface area (Å²) in [6, 6.07) is 16.4. The summed E-state index contributed by atoms with van der Waals surface area (Å²) >= 11 is 0. The third-order valence-corrected chi connectivity index (χ3v) is 7.63. The second kappa shape index (κ2) is 9.70. The number of hydrogen-bond donors (Lipinski definition) is 2. The van der Waals surface area contributed by atoms with E-state index in [1.54, 1.807) is 11.8 Å². The van der Waals surface area contributed by atoms with Gasteiger partial charge in [0.2, 0.25) is 0 Å². The number of carboxylic acid groups (broad SMARTS) is 1. The molecule has 2 aromatic rings. The SMILES string of the molecule is CC(C(=O)O)C1CN(C(=O)[C@@H]2OCC[C@@H]2CNC(=O)OCC2c3ccccc3-c3ccccc32)C1. The molecule has 2 amide bonds. The van der Waals surface area contributed by atoms with Crippen LogP contribution in [0.3, 0.4) is 0 Å². The maximum absolute atomic E-state index is 12.9. The quantitative estimate of drug-likeness (QED) is 0.634. The molecule has 2 heterocycles. The summed E-state index contributed by atoms with van der Waals surface area (Å²) in [6.07, 6.45) is -0.461. The van der Waals surface area contributed by atoms with Gasteiger partial charge in [-0.15, -0.1) is 0 Å². The van der Waals surface area contributed by atoms with E-state index in [0.29, 0.717) is 26.1 Å². The van der Waals surface area contributed by atoms with Gasteiger partial charge in [-0.25, -0.2) is 4.79 Å². The molecule has 2 aromatic carbocycles. The molecule has 5 rings (SSSR count). The fourth-order valence-corrected chi connectivity index (χ4v) is 5.37. The van der Waals surface area contributed by atoms with Crippen LogP contribution in [0.5, 0.6) is 0 Å². The van der Waals surface area contributed by atoms with Crippen molar-refractivity contribution in [1.29, 1.82) is 0 Å². The average Bonchev–Trinajstić information content (AvgIpc) is 3.43. The lowest BCUT2D eigenvalue weighted by Gasteiger charge is -2.42. The lowest BCUT2D eigenvalue weighted by atomic mass is 9.86. The highest BCUT2D eigenvalue weighted by Gasteiger charge is 2.43. The number of alkyl carbamates (subject to hydrolysis) is 1. The number of likely N-dealkylation sites (tertiary alicyclic amines) is 1. The van der Waals surface area contributed by atoms with E-state index in [2.05, 4.69) is 29.6 Å². The third kappa shape index (κ3) is 4.50. The number of amides is 2. The topological polar surface area (TPSA) is 105 Å². The molecule has 8 heteroatoms. The average molecular weight is 479 g/mol. The minimum atomic E-state index is -0.843. The monoisotopic (exact) mass is 478 g/mol. The second-order valence-electron chi connectivity index (χ2n) is 9.68. The highest BCUT2D eigenvalue weighted by molar-refractivity contribution is 5.83. The van der Waals surface area contributed by atoms with Crippen molar-refractivity contribution in [2.24, 2.45) is 17.8 Å². The maximum atomic E-state index is 12.9. The van der Waals surface area contributed by atoms with Crippen molar-refractivity contribution in [3.8, 4) is 11.1 Å². The van der Waals surface area contributed by atoms with Crippen molar-refractivity contribution in [3.05, 3.63) is 59.7 Å². The number of nitrogens with one attached hydrogen (secondary N) is 1. The standard InChI is InChI=1S/C27H30N2O6/c1-16(26(31)32)18-13-29(14-18)25(30)24-17(10-11-34-24)12-28-27(33)35-15-23-21-8-4-2-6-19(21)20-7-3-5-9-22(20)23/h2-9,16-18,23-24H,10-15H2,1H3,(H,28,33)(H,31,32)/t16?,17-,24-/m1/s1. The summed E-state index contributed by atoms with van der Waals surface area (Å²) in [5.74, 6) is -1.63. The van der Waals surface area contributed by atoms with Crippen molar-refractivity contribution >= 4 is 18.0 Å². The van der Waals surface area contributed by atoms with Crippen LogP contribution < -0.4 is 5.32 Å². The minimum absolute atomic E-state index is 0.00940. The summed E-state index contributed by atoms with van der Waals surface area (Å²) in [5.41, 5.74) is 4.66. The molecule has 184 valence electrons. The highest BCUT2D eigenvalue weighted by Crippen LogP contribution is 2.44. The number of fused-ring (bicyclic) bond motifs is 3. The Labute approximate surface area is 204 Å². The van der Waals surface area contributed by atoms with Crippen LogP contribution in [0.25, 0.3) is 11.1 Å². The second-order valence-corrected chi connectivity index (χ2v) is 9.68. The van der Waals surface area contributed by atoms with Gasteiger partial charge in [0, 0.05) is 44.0 Å². The Hall–Kier alpha value is -3.39. The molecule has 0 aromatic heterocycles. The molecule has 2 aliphatic heterocycles. The molecule has 3 atom stereocenters. The fourth-order valence-electron chi connectivity index (χ4n) is 5.37. The van der Waals surface area contributed by atoms with Crippen molar-refractivity contribution in [3.63, 3.8) is 0 Å². The van der Waals surface area contributed by atoms with Gasteiger partial charge in [-0.2, -0.15) is 0 Å². The Balaban J connectivity index is 1.12. The van der Waals surface area contributed by atoms with E-state index in [-0.39, 0.29) is 36.8 Å². The number of benzene rings is 2. The first-order valence-corrected chi connectivity index (χ1v) is 12.2. The largest absolute Gasteiger partial charge is 0.481 e. The van der Waals surface area contributed by atoms with Gasteiger partial charge in [-0.05, 0) is 28.7 Å². The third-order valence-electron chi connectivity index (χ3n) is 7.63. The summed E-state index contributed by atoms with van der Waals surface area (Å²) in [4.78, 5) is 38.2. The van der Waals surface area contributed by atoms with Gasteiger partial charge in [0.25, 0.3) is 5.91 Å². The Morgan fingerprint density at radius 1 is 1.09 bits per heavy atom. The van der Waals surface area contributed by atoms with E-state index in [9.17, 15) is 14.4 Å². The van der Waals surface area contributed by atoms with Crippen molar-refractivity contribution < 1.29 is 29.0 Å². The van der Waals surface area contributed by atoms with Crippen molar-refractivity contribution in [1.82, 2.24) is 10.2 Å². The van der Waals surface area contributed by atoms with Gasteiger partial charge in [0.05, 0.1) is 5.92 Å². The molecular weight excluding hydrogens is 448 g/mol. The van der Waals surface area contributed by atoms with Gasteiger partial charge in [-0.3, -0.25) is 9.59 Å². The van der Waals surface area contributed by atoms with Crippen LogP contribution >= 0.6 is 0 Å². The number of nitrogens with zero attached hydrogens (tertiary/aromatic N) is 1. The Bertz CT molecular complexity index is 1080. The number of carbonyl (C=O) groups is 3. The first kappa shape index (κ1) is 23.4. The van der Waals surface area contributed by atoms with Crippen LogP contribution in [-0.2, 0) is 19.1 Å². The van der Waals surface area contributed by atoms with E-state index in [1.807, 2.05) is 24.3 Å². The van der Waals surface area contributed by atoms with E-state index in [0.717, 1.165) is 11.1 Å². The lowest BCUT2D eigenvalue weighted by Crippen LogP contribution is -2.57. The number of hydrogen-bond acceptors (Lipinski definition) is 5. The number of rotatable bonds is 7. The van der Waals surface area contributed by atoms with E-state index < -0.39 is 24.1 Å². The normalized spacial score (nSPS) is 22.1. The van der Waals surface area contributed by atoms with Gasteiger partial charge >= 0.3 is 12.1 Å². The predicted molar refractivity (Wildman–Crippen MR) is 128 cm³/mol. The number of ether oxygens (including phenoxy) is 2. The molecule has 0 spiro atoms. The summed E-state index contributed by atoms with van der Waals surface area (Å²) in [7, 11) is 0. The Kier molecular flexibility index (Phi) is 6.47. The van der Waals surface area contributed by atoms with Crippen molar-refractivity contribution in [2.45, 2.75) is 25.4 Å². The van der Waals surface area contributed by atoms with Crippen LogP contribution in [0.15, 0.2) is 48.5 Å². The first-order chi connectivity index (χ1) is 16.9. The fraction of sp³-hybridized carbons (Fsp3) is 0.444. The molecule has 8 nitrogen and oxygen atoms in total. The molecule has 2 fully saturated rings. The molecular formula is C27H30N2O6. The van der Waals surface area contributed by atoms with Crippen LogP contribution in [0.1, 0.15) is 30.4 Å². The molecule has 35 heavy (non-hydrogen) atoms. The molecule has 3 aliphatic rings. The zero-order valence-corrected chi connectivity index (χ0v) is 19.7. The molecule has 0 radical (unpaired) electrons. The predicted octanol–water partition coefficient (Wildman–Crippen LogP) is 3.11. The molecule has 2 saturated heterocycles. The van der Waals surface area contributed by atoms with E-state index in [4.69, 9.17) is 14.6 Å². The van der Waals surface area contributed by atoms with Crippen LogP contribution in [0.4, 0.5) is 4.79 Å². The zero-order chi connectivity index (χ0) is 24.5. The summed E-state index contributed by atoms with van der Waals surface area (Å²) < 4.78 is 11.3. The lowest BCUT2D eigenvalue weighted by molar-refractivity contribution is -0.156. The summed E-state index contributed by atoms with van der Waals surface area (Å²) in [5, 5.41) is 12.0. The smallest absolute Gasteiger partial charge is 0.407 e. The number of carbonyl (C=O) groups excluding carboxylic acids is 2. The Morgan fingerprint density at radius 2 is 1.71 bits per heavy atom. The number of aliphatic carboxylic acids is 1. The van der Waals surface area contributed by atoms with E-state index in [1.165, 1.54) is 11.1 Å². The van der Waals surface area contributed by atoms with E-state index >= 15 is 0 Å².